The van der Waals surface area contributed by atoms with Crippen LogP contribution in [0.1, 0.15) is 25.8 Å². The molecule has 1 atom stereocenters. The fourth-order valence-electron chi connectivity index (χ4n) is 2.19. The molecular formula is C19H23NO3. The Morgan fingerprint density at radius 1 is 1.09 bits per heavy atom. The van der Waals surface area contributed by atoms with E-state index in [2.05, 4.69) is 5.32 Å². The van der Waals surface area contributed by atoms with E-state index >= 15 is 0 Å². The van der Waals surface area contributed by atoms with Crippen LogP contribution in [0.2, 0.25) is 0 Å². The van der Waals surface area contributed by atoms with E-state index in [1.165, 1.54) is 0 Å². The highest BCUT2D eigenvalue weighted by Gasteiger charge is 2.19. The van der Waals surface area contributed by atoms with Gasteiger partial charge in [-0.1, -0.05) is 25.1 Å². The number of anilines is 1. The topological polar surface area (TPSA) is 47.6 Å². The number of amides is 1. The van der Waals surface area contributed by atoms with Gasteiger partial charge in [-0.3, -0.25) is 4.79 Å². The van der Waals surface area contributed by atoms with Crippen LogP contribution in [0.5, 0.6) is 11.5 Å². The van der Waals surface area contributed by atoms with Crippen molar-refractivity contribution in [2.24, 2.45) is 0 Å². The van der Waals surface area contributed by atoms with Gasteiger partial charge in [0, 0.05) is 5.69 Å². The van der Waals surface area contributed by atoms with Gasteiger partial charge in [0.15, 0.2) is 6.10 Å². The van der Waals surface area contributed by atoms with E-state index in [0.717, 1.165) is 22.7 Å². The maximum absolute atomic E-state index is 12.4. The quantitative estimate of drug-likeness (QED) is 0.833. The Bertz CT molecular complexity index is 637. The van der Waals surface area contributed by atoms with Gasteiger partial charge in [0.25, 0.3) is 5.91 Å². The van der Waals surface area contributed by atoms with Gasteiger partial charge < -0.3 is 14.8 Å². The Kier molecular flexibility index (Phi) is 6.03. The summed E-state index contributed by atoms with van der Waals surface area (Å²) in [5, 5.41) is 2.88. The van der Waals surface area contributed by atoms with Gasteiger partial charge in [-0.15, -0.1) is 0 Å². The third kappa shape index (κ3) is 4.74. The minimum absolute atomic E-state index is 0.153. The number of ether oxygens (including phenoxy) is 2. The number of benzene rings is 2. The Morgan fingerprint density at radius 3 is 2.39 bits per heavy atom. The highest BCUT2D eigenvalue weighted by Crippen LogP contribution is 2.20. The molecule has 0 aliphatic heterocycles. The number of carbonyl (C=O) groups is 1. The maximum atomic E-state index is 12.4. The first-order valence-corrected chi connectivity index (χ1v) is 7.90. The van der Waals surface area contributed by atoms with E-state index in [1.807, 2.05) is 69.3 Å². The first kappa shape index (κ1) is 16.9. The summed E-state index contributed by atoms with van der Waals surface area (Å²) in [6.07, 6.45) is 0.0691. The van der Waals surface area contributed by atoms with Gasteiger partial charge in [-0.25, -0.2) is 0 Å². The molecule has 0 saturated heterocycles. The fraction of sp³-hybridized carbons (Fsp3) is 0.316. The van der Waals surface area contributed by atoms with Crippen LogP contribution in [0, 0.1) is 6.92 Å². The molecule has 0 heterocycles. The number of hydrogen-bond donors (Lipinski definition) is 1. The first-order chi connectivity index (χ1) is 11.1. The highest BCUT2D eigenvalue weighted by atomic mass is 16.5. The molecule has 4 nitrogen and oxygen atoms in total. The van der Waals surface area contributed by atoms with E-state index in [9.17, 15) is 4.79 Å². The predicted octanol–water partition coefficient (Wildman–Crippen LogP) is 4.19. The molecule has 1 amide bonds. The van der Waals surface area contributed by atoms with E-state index in [4.69, 9.17) is 9.47 Å². The molecule has 0 aliphatic rings. The Morgan fingerprint density at radius 2 is 1.78 bits per heavy atom. The second kappa shape index (κ2) is 8.22. The predicted molar refractivity (Wildman–Crippen MR) is 92.1 cm³/mol. The molecule has 0 unspecified atom stereocenters. The van der Waals surface area contributed by atoms with Crippen molar-refractivity contribution in [2.45, 2.75) is 33.3 Å². The molecule has 0 bridgehead atoms. The summed E-state index contributed by atoms with van der Waals surface area (Å²) in [5.74, 6) is 1.37. The van der Waals surface area contributed by atoms with Crippen molar-refractivity contribution in [3.8, 4) is 11.5 Å². The number of carbonyl (C=O) groups excluding carboxylic acids is 1. The summed E-state index contributed by atoms with van der Waals surface area (Å²) >= 11 is 0. The molecule has 0 saturated carbocycles. The molecule has 0 aromatic heterocycles. The van der Waals surface area contributed by atoms with E-state index in [1.54, 1.807) is 0 Å². The van der Waals surface area contributed by atoms with Crippen molar-refractivity contribution in [2.75, 3.05) is 11.9 Å². The lowest BCUT2D eigenvalue weighted by Crippen LogP contribution is -2.32. The second-order valence-electron chi connectivity index (χ2n) is 5.23. The largest absolute Gasteiger partial charge is 0.494 e. The van der Waals surface area contributed by atoms with Crippen molar-refractivity contribution in [1.82, 2.24) is 0 Å². The summed E-state index contributed by atoms with van der Waals surface area (Å²) in [5.41, 5.74) is 1.74. The smallest absolute Gasteiger partial charge is 0.265 e. The average Bonchev–Trinajstić information content (AvgIpc) is 2.56. The van der Waals surface area contributed by atoms with Gasteiger partial charge >= 0.3 is 0 Å². The van der Waals surface area contributed by atoms with E-state index in [0.29, 0.717) is 13.0 Å². The summed E-state index contributed by atoms with van der Waals surface area (Å²) in [4.78, 5) is 12.4. The number of aryl methyl sites for hydroxylation is 1. The Balaban J connectivity index is 2.01. The second-order valence-corrected chi connectivity index (χ2v) is 5.23. The highest BCUT2D eigenvalue weighted by molar-refractivity contribution is 5.94. The molecule has 122 valence electrons. The normalized spacial score (nSPS) is 11.6. The Hall–Kier alpha value is -2.49. The summed E-state index contributed by atoms with van der Waals surface area (Å²) in [6.45, 7) is 6.45. The van der Waals surface area contributed by atoms with Crippen LogP contribution in [0.25, 0.3) is 0 Å². The molecule has 23 heavy (non-hydrogen) atoms. The zero-order chi connectivity index (χ0) is 16.7. The van der Waals surface area contributed by atoms with Crippen molar-refractivity contribution in [1.29, 1.82) is 0 Å². The van der Waals surface area contributed by atoms with Gasteiger partial charge in [-0.05, 0) is 56.2 Å². The van der Waals surface area contributed by atoms with Crippen LogP contribution < -0.4 is 14.8 Å². The third-order valence-electron chi connectivity index (χ3n) is 3.46. The van der Waals surface area contributed by atoms with Crippen molar-refractivity contribution in [3.63, 3.8) is 0 Å². The van der Waals surface area contributed by atoms with Crippen molar-refractivity contribution < 1.29 is 14.3 Å². The van der Waals surface area contributed by atoms with Gasteiger partial charge in [0.1, 0.15) is 11.5 Å². The molecule has 0 aliphatic carbocycles. The summed E-state index contributed by atoms with van der Waals surface area (Å²) < 4.78 is 11.2. The lowest BCUT2D eigenvalue weighted by molar-refractivity contribution is -0.122. The molecule has 4 heteroatoms. The number of nitrogens with one attached hydrogen (secondary N) is 1. The maximum Gasteiger partial charge on any atom is 0.265 e. The molecular weight excluding hydrogens is 290 g/mol. The molecule has 0 fully saturated rings. The van der Waals surface area contributed by atoms with Gasteiger partial charge in [0.05, 0.1) is 6.61 Å². The average molecular weight is 313 g/mol. The molecule has 2 aromatic rings. The van der Waals surface area contributed by atoms with Crippen LogP contribution in [0.4, 0.5) is 5.69 Å². The zero-order valence-corrected chi connectivity index (χ0v) is 13.8. The molecule has 2 aromatic carbocycles. The van der Waals surface area contributed by atoms with Crippen LogP contribution >= 0.6 is 0 Å². The van der Waals surface area contributed by atoms with Crippen molar-refractivity contribution >= 4 is 11.6 Å². The molecule has 0 radical (unpaired) electrons. The van der Waals surface area contributed by atoms with Crippen LogP contribution in [0.3, 0.4) is 0 Å². The van der Waals surface area contributed by atoms with E-state index in [-0.39, 0.29) is 5.91 Å². The molecule has 0 spiro atoms. The Labute approximate surface area is 137 Å². The number of hydrogen-bond acceptors (Lipinski definition) is 3. The zero-order valence-electron chi connectivity index (χ0n) is 13.8. The lowest BCUT2D eigenvalue weighted by atomic mass is 10.2. The molecule has 2 rings (SSSR count). The number of para-hydroxylation sites is 1. The lowest BCUT2D eigenvalue weighted by Gasteiger charge is -2.18. The van der Waals surface area contributed by atoms with Gasteiger partial charge in [0.2, 0.25) is 0 Å². The monoisotopic (exact) mass is 313 g/mol. The minimum Gasteiger partial charge on any atom is -0.494 e. The molecule has 1 N–H and O–H groups in total. The third-order valence-corrected chi connectivity index (χ3v) is 3.46. The summed E-state index contributed by atoms with van der Waals surface area (Å²) in [7, 11) is 0. The first-order valence-electron chi connectivity index (χ1n) is 7.90. The van der Waals surface area contributed by atoms with Crippen LogP contribution in [-0.4, -0.2) is 18.6 Å². The minimum atomic E-state index is -0.525. The van der Waals surface area contributed by atoms with Crippen molar-refractivity contribution in [3.05, 3.63) is 54.1 Å². The van der Waals surface area contributed by atoms with Gasteiger partial charge in [-0.2, -0.15) is 0 Å². The summed E-state index contributed by atoms with van der Waals surface area (Å²) in [6, 6.07) is 15.0. The SMILES string of the molecule is CCOc1ccc(NC(=O)[C@@H](CC)Oc2ccccc2C)cc1. The number of rotatable bonds is 7. The standard InChI is InChI=1S/C19H23NO3/c1-4-17(23-18-9-7-6-8-14(18)3)19(21)20-15-10-12-16(13-11-15)22-5-2/h6-13,17H,4-5H2,1-3H3,(H,20,21)/t17-/m1/s1. The van der Waals surface area contributed by atoms with E-state index < -0.39 is 6.10 Å². The van der Waals surface area contributed by atoms with Crippen LogP contribution in [-0.2, 0) is 4.79 Å². The fourth-order valence-corrected chi connectivity index (χ4v) is 2.19. The van der Waals surface area contributed by atoms with Crippen LogP contribution in [0.15, 0.2) is 48.5 Å².